The SMILES string of the molecule is CCCCCCCCCCOP(=O)(CCCC)Oc1c(OC)cccc1OC. The van der Waals surface area contributed by atoms with E-state index >= 15 is 0 Å². The summed E-state index contributed by atoms with van der Waals surface area (Å²) in [4.78, 5) is 0. The second-order valence-electron chi connectivity index (χ2n) is 7.08. The Balaban J connectivity index is 2.58. The summed E-state index contributed by atoms with van der Waals surface area (Å²) in [5, 5.41) is 0. The number of unbranched alkanes of at least 4 members (excludes halogenated alkanes) is 8. The lowest BCUT2D eigenvalue weighted by molar-refractivity contribution is 0.250. The molecular formula is C22H39O5P. The van der Waals surface area contributed by atoms with E-state index in [-0.39, 0.29) is 0 Å². The molecule has 28 heavy (non-hydrogen) atoms. The van der Waals surface area contributed by atoms with Crippen LogP contribution in [0.2, 0.25) is 0 Å². The van der Waals surface area contributed by atoms with Crippen LogP contribution in [0.15, 0.2) is 18.2 Å². The second kappa shape index (κ2) is 14.8. The largest absolute Gasteiger partial charge is 0.493 e. The van der Waals surface area contributed by atoms with Gasteiger partial charge in [0.15, 0.2) is 11.5 Å². The van der Waals surface area contributed by atoms with Crippen molar-refractivity contribution in [2.45, 2.75) is 78.1 Å². The number of hydrogen-bond acceptors (Lipinski definition) is 5. The van der Waals surface area contributed by atoms with Crippen molar-refractivity contribution in [3.63, 3.8) is 0 Å². The van der Waals surface area contributed by atoms with Gasteiger partial charge in [-0.15, -0.1) is 0 Å². The number of benzene rings is 1. The number of ether oxygens (including phenoxy) is 2. The molecule has 1 unspecified atom stereocenters. The maximum atomic E-state index is 13.3. The fraction of sp³-hybridized carbons (Fsp3) is 0.727. The van der Waals surface area contributed by atoms with Crippen molar-refractivity contribution in [3.8, 4) is 17.2 Å². The number of rotatable bonds is 17. The Labute approximate surface area is 171 Å². The summed E-state index contributed by atoms with van der Waals surface area (Å²) in [6.45, 7) is 4.75. The average Bonchev–Trinajstić information content (AvgIpc) is 2.71. The maximum Gasteiger partial charge on any atom is 0.379 e. The highest BCUT2D eigenvalue weighted by molar-refractivity contribution is 7.54. The average molecular weight is 415 g/mol. The molecule has 0 amide bonds. The highest BCUT2D eigenvalue weighted by atomic mass is 31.2. The molecule has 5 nitrogen and oxygen atoms in total. The van der Waals surface area contributed by atoms with Crippen LogP contribution in [0.5, 0.6) is 17.2 Å². The standard InChI is InChI=1S/C22H39O5P/c1-5-7-9-10-11-12-13-14-18-26-28(23,19-8-6-2)27-22-20(24-3)16-15-17-21(22)25-4/h15-17H,5-14,18-19H2,1-4H3. The van der Waals surface area contributed by atoms with Gasteiger partial charge >= 0.3 is 7.60 Å². The fourth-order valence-electron chi connectivity index (χ4n) is 2.97. The Bertz CT molecular complexity index is 554. The molecule has 0 radical (unpaired) electrons. The van der Waals surface area contributed by atoms with Crippen LogP contribution in [-0.4, -0.2) is 27.0 Å². The third kappa shape index (κ3) is 9.34. The van der Waals surface area contributed by atoms with Crippen LogP contribution in [0.1, 0.15) is 78.1 Å². The third-order valence-corrected chi connectivity index (χ3v) is 6.59. The Kier molecular flexibility index (Phi) is 13.1. The van der Waals surface area contributed by atoms with Gasteiger partial charge in [0, 0.05) is 0 Å². The summed E-state index contributed by atoms with van der Waals surface area (Å²) in [7, 11) is -0.157. The van der Waals surface area contributed by atoms with E-state index in [1.54, 1.807) is 26.4 Å². The quantitative estimate of drug-likeness (QED) is 0.199. The van der Waals surface area contributed by atoms with Gasteiger partial charge in [0.25, 0.3) is 0 Å². The molecule has 1 atom stereocenters. The van der Waals surface area contributed by atoms with Crippen molar-refractivity contribution < 1.29 is 23.1 Å². The van der Waals surface area contributed by atoms with E-state index in [4.69, 9.17) is 18.5 Å². The zero-order chi connectivity index (χ0) is 20.7. The van der Waals surface area contributed by atoms with E-state index in [1.807, 2.05) is 6.07 Å². The predicted octanol–water partition coefficient (Wildman–Crippen LogP) is 7.23. The van der Waals surface area contributed by atoms with E-state index < -0.39 is 7.60 Å². The van der Waals surface area contributed by atoms with E-state index in [0.717, 1.165) is 25.7 Å². The van der Waals surface area contributed by atoms with Crippen molar-refractivity contribution >= 4 is 7.60 Å². The molecule has 0 aliphatic carbocycles. The molecule has 0 bridgehead atoms. The number of methoxy groups -OCH3 is 2. The summed E-state index contributed by atoms with van der Waals surface area (Å²) >= 11 is 0. The molecule has 0 heterocycles. The minimum absolute atomic E-state index is 0.350. The molecule has 162 valence electrons. The molecule has 0 saturated carbocycles. The van der Waals surface area contributed by atoms with Crippen LogP contribution >= 0.6 is 7.60 Å². The summed E-state index contributed by atoms with van der Waals surface area (Å²) in [6, 6.07) is 5.34. The van der Waals surface area contributed by atoms with Crippen molar-refractivity contribution in [1.29, 1.82) is 0 Å². The van der Waals surface area contributed by atoms with Gasteiger partial charge in [-0.05, 0) is 25.0 Å². The number of hydrogen-bond donors (Lipinski definition) is 0. The summed E-state index contributed by atoms with van der Waals surface area (Å²) < 4.78 is 35.7. The Hall–Kier alpha value is -1.19. The molecule has 1 rings (SSSR count). The molecule has 6 heteroatoms. The zero-order valence-electron chi connectivity index (χ0n) is 18.2. The van der Waals surface area contributed by atoms with Crippen molar-refractivity contribution in [2.24, 2.45) is 0 Å². The lowest BCUT2D eigenvalue weighted by Gasteiger charge is -2.22. The van der Waals surface area contributed by atoms with Crippen molar-refractivity contribution in [3.05, 3.63) is 18.2 Å². The monoisotopic (exact) mass is 414 g/mol. The highest BCUT2D eigenvalue weighted by Crippen LogP contribution is 2.53. The van der Waals surface area contributed by atoms with Crippen molar-refractivity contribution in [1.82, 2.24) is 0 Å². The molecule has 0 spiro atoms. The first-order valence-corrected chi connectivity index (χ1v) is 12.5. The van der Waals surface area contributed by atoms with Gasteiger partial charge in [-0.1, -0.05) is 71.3 Å². The normalized spacial score (nSPS) is 13.1. The van der Waals surface area contributed by atoms with E-state index in [0.29, 0.717) is 30.0 Å². The van der Waals surface area contributed by atoms with Crippen LogP contribution in [0.25, 0.3) is 0 Å². The van der Waals surface area contributed by atoms with Gasteiger partial charge in [0.1, 0.15) is 0 Å². The Morgan fingerprint density at radius 1 is 0.786 bits per heavy atom. The minimum Gasteiger partial charge on any atom is -0.493 e. The summed E-state index contributed by atoms with van der Waals surface area (Å²) in [5.41, 5.74) is 0. The van der Waals surface area contributed by atoms with Gasteiger partial charge in [0.2, 0.25) is 5.75 Å². The zero-order valence-corrected chi connectivity index (χ0v) is 19.1. The van der Waals surface area contributed by atoms with Crippen LogP contribution in [0, 0.1) is 0 Å². The number of para-hydroxylation sites is 1. The van der Waals surface area contributed by atoms with Gasteiger partial charge in [-0.3, -0.25) is 4.52 Å². The Morgan fingerprint density at radius 2 is 1.32 bits per heavy atom. The molecule has 1 aromatic rings. The first-order chi connectivity index (χ1) is 13.6. The molecular weight excluding hydrogens is 375 g/mol. The molecule has 0 aromatic heterocycles. The summed E-state index contributed by atoms with van der Waals surface area (Å²) in [6.07, 6.45) is 11.8. The lowest BCUT2D eigenvalue weighted by Crippen LogP contribution is -2.06. The maximum absolute atomic E-state index is 13.3. The molecule has 0 fully saturated rings. The first kappa shape index (κ1) is 24.8. The van der Waals surface area contributed by atoms with Crippen molar-refractivity contribution in [2.75, 3.05) is 27.0 Å². The lowest BCUT2D eigenvalue weighted by atomic mass is 10.1. The topological polar surface area (TPSA) is 54.0 Å². The third-order valence-electron chi connectivity index (χ3n) is 4.68. The smallest absolute Gasteiger partial charge is 0.379 e. The molecule has 1 aromatic carbocycles. The van der Waals surface area contributed by atoms with Crippen LogP contribution < -0.4 is 14.0 Å². The fourth-order valence-corrected chi connectivity index (χ4v) is 4.82. The van der Waals surface area contributed by atoms with E-state index in [2.05, 4.69) is 13.8 Å². The van der Waals surface area contributed by atoms with Crippen LogP contribution in [0.3, 0.4) is 0 Å². The van der Waals surface area contributed by atoms with E-state index in [9.17, 15) is 4.57 Å². The second-order valence-corrected chi connectivity index (χ2v) is 9.19. The van der Waals surface area contributed by atoms with Gasteiger partial charge < -0.3 is 14.0 Å². The Morgan fingerprint density at radius 3 is 1.86 bits per heavy atom. The van der Waals surface area contributed by atoms with E-state index in [1.165, 1.54) is 38.5 Å². The minimum atomic E-state index is -3.27. The van der Waals surface area contributed by atoms with Gasteiger partial charge in [-0.2, -0.15) is 0 Å². The van der Waals surface area contributed by atoms with Crippen LogP contribution in [-0.2, 0) is 9.09 Å². The predicted molar refractivity (Wildman–Crippen MR) is 116 cm³/mol. The molecule has 0 N–H and O–H groups in total. The molecule has 0 saturated heterocycles. The molecule has 0 aliphatic rings. The molecule has 0 aliphatic heterocycles. The summed E-state index contributed by atoms with van der Waals surface area (Å²) in [5.74, 6) is 1.33. The highest BCUT2D eigenvalue weighted by Gasteiger charge is 2.28. The van der Waals surface area contributed by atoms with Gasteiger partial charge in [-0.25, -0.2) is 4.57 Å². The first-order valence-electron chi connectivity index (χ1n) is 10.7. The van der Waals surface area contributed by atoms with Gasteiger partial charge in [0.05, 0.1) is 27.0 Å². The van der Waals surface area contributed by atoms with Crippen LogP contribution in [0.4, 0.5) is 0 Å².